The zero-order valence-corrected chi connectivity index (χ0v) is 18.7. The van der Waals surface area contributed by atoms with E-state index in [9.17, 15) is 18.0 Å². The molecule has 3 aromatic rings. The molecule has 10 heteroatoms. The highest BCUT2D eigenvalue weighted by atomic mass is 35.5. The standard InChI is InChI=1S/C23H17Cl2F3N4O/c1-22(21(29)33)19(13-2-7-16(24)8-3-13)31-32(20(22)14-4-11-18(25)30-12-14)17-9-5-15(6-10-17)23(26,27)28/h2-12,20H,1H3,(H2,29,33). The van der Waals surface area contributed by atoms with Crippen molar-refractivity contribution in [3.8, 4) is 0 Å². The van der Waals surface area contributed by atoms with Crippen molar-refractivity contribution in [3.05, 3.63) is 93.7 Å². The second kappa shape index (κ2) is 8.35. The maximum absolute atomic E-state index is 13.1. The van der Waals surface area contributed by atoms with E-state index in [4.69, 9.17) is 28.9 Å². The summed E-state index contributed by atoms with van der Waals surface area (Å²) < 4.78 is 39.3. The van der Waals surface area contributed by atoms with Gasteiger partial charge in [0.15, 0.2) is 0 Å². The molecule has 2 heterocycles. The molecule has 0 bridgehead atoms. The number of alkyl halides is 3. The molecule has 5 nitrogen and oxygen atoms in total. The molecule has 2 aromatic carbocycles. The predicted octanol–water partition coefficient (Wildman–Crippen LogP) is 5.86. The van der Waals surface area contributed by atoms with Crippen molar-refractivity contribution in [3.63, 3.8) is 0 Å². The molecule has 33 heavy (non-hydrogen) atoms. The van der Waals surface area contributed by atoms with E-state index in [1.54, 1.807) is 43.3 Å². The van der Waals surface area contributed by atoms with Crippen LogP contribution in [0, 0.1) is 5.41 Å². The van der Waals surface area contributed by atoms with Gasteiger partial charge in [-0.2, -0.15) is 18.3 Å². The number of nitrogens with two attached hydrogens (primary N) is 1. The molecule has 0 radical (unpaired) electrons. The third kappa shape index (κ3) is 4.16. The van der Waals surface area contributed by atoms with E-state index in [2.05, 4.69) is 10.1 Å². The van der Waals surface area contributed by atoms with Crippen LogP contribution in [-0.2, 0) is 11.0 Å². The van der Waals surface area contributed by atoms with Crippen molar-refractivity contribution in [2.45, 2.75) is 19.1 Å². The van der Waals surface area contributed by atoms with Crippen LogP contribution in [0.1, 0.15) is 29.7 Å². The Balaban J connectivity index is 1.91. The van der Waals surface area contributed by atoms with Gasteiger partial charge in [-0.05, 0) is 60.5 Å². The van der Waals surface area contributed by atoms with Crippen LogP contribution < -0.4 is 10.7 Å². The minimum atomic E-state index is -4.48. The fraction of sp³-hybridized carbons (Fsp3) is 0.174. The minimum Gasteiger partial charge on any atom is -0.369 e. The highest BCUT2D eigenvalue weighted by Crippen LogP contribution is 2.49. The first-order chi connectivity index (χ1) is 15.5. The Morgan fingerprint density at radius 1 is 1.03 bits per heavy atom. The summed E-state index contributed by atoms with van der Waals surface area (Å²) in [6.45, 7) is 1.64. The largest absolute Gasteiger partial charge is 0.416 e. The zero-order valence-electron chi connectivity index (χ0n) is 17.1. The van der Waals surface area contributed by atoms with Gasteiger partial charge in [0.1, 0.15) is 10.6 Å². The molecule has 0 saturated carbocycles. The molecule has 4 rings (SSSR count). The molecule has 0 saturated heterocycles. The topological polar surface area (TPSA) is 71.6 Å². The van der Waals surface area contributed by atoms with Crippen LogP contribution in [-0.4, -0.2) is 16.6 Å². The maximum atomic E-state index is 13.1. The SMILES string of the molecule is CC1(C(N)=O)C(c2ccc(Cl)cc2)=NN(c2ccc(C(F)(F)F)cc2)C1c1ccc(Cl)nc1. The van der Waals surface area contributed by atoms with Gasteiger partial charge in [0, 0.05) is 11.2 Å². The number of anilines is 1. The van der Waals surface area contributed by atoms with Crippen LogP contribution in [0.25, 0.3) is 0 Å². The van der Waals surface area contributed by atoms with E-state index in [1.807, 2.05) is 0 Å². The van der Waals surface area contributed by atoms with Crippen molar-refractivity contribution in [2.75, 3.05) is 5.01 Å². The van der Waals surface area contributed by atoms with Crippen molar-refractivity contribution in [1.29, 1.82) is 0 Å². The van der Waals surface area contributed by atoms with Crippen molar-refractivity contribution < 1.29 is 18.0 Å². The highest BCUT2D eigenvalue weighted by Gasteiger charge is 2.54. The minimum absolute atomic E-state index is 0.248. The summed E-state index contributed by atoms with van der Waals surface area (Å²) in [5, 5.41) is 6.90. The fourth-order valence-corrected chi connectivity index (χ4v) is 4.13. The Hall–Kier alpha value is -3.10. The fourth-order valence-electron chi connectivity index (χ4n) is 3.89. The zero-order chi connectivity index (χ0) is 24.0. The van der Waals surface area contributed by atoms with Crippen LogP contribution in [0.15, 0.2) is 72.0 Å². The third-order valence-corrected chi connectivity index (χ3v) is 6.12. The Labute approximate surface area is 197 Å². The van der Waals surface area contributed by atoms with E-state index in [-0.39, 0.29) is 5.15 Å². The maximum Gasteiger partial charge on any atom is 0.416 e. The summed E-state index contributed by atoms with van der Waals surface area (Å²) in [4.78, 5) is 17.0. The molecule has 2 atom stereocenters. The predicted molar refractivity (Wildman–Crippen MR) is 121 cm³/mol. The Morgan fingerprint density at radius 2 is 1.67 bits per heavy atom. The van der Waals surface area contributed by atoms with Crippen molar-refractivity contribution in [1.82, 2.24) is 4.98 Å². The number of hydrazone groups is 1. The summed E-state index contributed by atoms with van der Waals surface area (Å²) in [6, 6.07) is 13.7. The molecule has 0 fully saturated rings. The molecule has 2 N–H and O–H groups in total. The monoisotopic (exact) mass is 492 g/mol. The third-order valence-electron chi connectivity index (χ3n) is 5.65. The van der Waals surface area contributed by atoms with Gasteiger partial charge >= 0.3 is 6.18 Å². The van der Waals surface area contributed by atoms with Gasteiger partial charge in [0.2, 0.25) is 5.91 Å². The molecular formula is C23H17Cl2F3N4O. The molecule has 2 unspecified atom stereocenters. The molecule has 1 amide bonds. The van der Waals surface area contributed by atoms with Gasteiger partial charge in [-0.15, -0.1) is 0 Å². The number of carbonyl (C=O) groups is 1. The first-order valence-corrected chi connectivity index (χ1v) is 10.5. The van der Waals surface area contributed by atoms with Crippen LogP contribution in [0.2, 0.25) is 10.2 Å². The van der Waals surface area contributed by atoms with Crippen LogP contribution in [0.5, 0.6) is 0 Å². The van der Waals surface area contributed by atoms with Gasteiger partial charge in [-0.1, -0.05) is 41.4 Å². The average molecular weight is 493 g/mol. The number of hydrogen-bond donors (Lipinski definition) is 1. The van der Waals surface area contributed by atoms with Crippen LogP contribution in [0.4, 0.5) is 18.9 Å². The van der Waals surface area contributed by atoms with E-state index in [1.165, 1.54) is 23.3 Å². The first-order valence-electron chi connectivity index (χ1n) is 9.74. The van der Waals surface area contributed by atoms with Crippen LogP contribution >= 0.6 is 23.2 Å². The highest BCUT2D eigenvalue weighted by molar-refractivity contribution is 6.31. The lowest BCUT2D eigenvalue weighted by atomic mass is 9.73. The Bertz CT molecular complexity index is 1210. The molecule has 170 valence electrons. The molecule has 0 spiro atoms. The number of primary amides is 1. The number of halogens is 5. The number of nitrogens with zero attached hydrogens (tertiary/aromatic N) is 3. The number of carbonyl (C=O) groups excluding carboxylic acids is 1. The molecule has 0 aliphatic carbocycles. The summed E-state index contributed by atoms with van der Waals surface area (Å²) in [5.74, 6) is -0.662. The summed E-state index contributed by atoms with van der Waals surface area (Å²) >= 11 is 12.0. The van der Waals surface area contributed by atoms with Crippen LogP contribution in [0.3, 0.4) is 0 Å². The van der Waals surface area contributed by atoms with E-state index >= 15 is 0 Å². The molecule has 1 aliphatic rings. The number of aromatic nitrogens is 1. The molecular weight excluding hydrogens is 476 g/mol. The van der Waals surface area contributed by atoms with Crippen molar-refractivity contribution >= 4 is 40.5 Å². The lowest BCUT2D eigenvalue weighted by Crippen LogP contribution is -2.46. The summed E-state index contributed by atoms with van der Waals surface area (Å²) in [7, 11) is 0. The normalized spacial score (nSPS) is 20.6. The second-order valence-corrected chi connectivity index (χ2v) is 8.55. The average Bonchev–Trinajstić information content (AvgIpc) is 3.09. The molecule has 1 aromatic heterocycles. The van der Waals surface area contributed by atoms with Crippen molar-refractivity contribution in [2.24, 2.45) is 16.3 Å². The number of amides is 1. The van der Waals surface area contributed by atoms with E-state index < -0.39 is 29.1 Å². The van der Waals surface area contributed by atoms with Gasteiger partial charge in [0.05, 0.1) is 23.0 Å². The lowest BCUT2D eigenvalue weighted by Gasteiger charge is -2.34. The number of rotatable bonds is 4. The quantitative estimate of drug-likeness (QED) is 0.463. The van der Waals surface area contributed by atoms with Gasteiger partial charge in [-0.3, -0.25) is 9.80 Å². The number of pyridine rings is 1. The lowest BCUT2D eigenvalue weighted by molar-refractivity contribution is -0.137. The van der Waals surface area contributed by atoms with Gasteiger partial charge < -0.3 is 5.73 Å². The first kappa shape index (κ1) is 23.1. The van der Waals surface area contributed by atoms with Gasteiger partial charge in [-0.25, -0.2) is 4.98 Å². The van der Waals surface area contributed by atoms with E-state index in [0.29, 0.717) is 27.5 Å². The van der Waals surface area contributed by atoms with E-state index in [0.717, 1.165) is 12.1 Å². The Morgan fingerprint density at radius 3 is 2.18 bits per heavy atom. The second-order valence-electron chi connectivity index (χ2n) is 7.73. The molecule has 1 aliphatic heterocycles. The number of benzene rings is 2. The number of hydrogen-bond acceptors (Lipinski definition) is 4. The summed E-state index contributed by atoms with van der Waals surface area (Å²) in [5.41, 5.74) is 5.61. The smallest absolute Gasteiger partial charge is 0.369 e. The van der Waals surface area contributed by atoms with Gasteiger partial charge in [0.25, 0.3) is 0 Å². The Kier molecular flexibility index (Phi) is 5.84. The summed E-state index contributed by atoms with van der Waals surface area (Å²) in [6.07, 6.45) is -2.99.